The maximum absolute atomic E-state index is 12.5. The van der Waals surface area contributed by atoms with Crippen molar-refractivity contribution in [1.82, 2.24) is 4.98 Å². The van der Waals surface area contributed by atoms with E-state index in [0.29, 0.717) is 17.1 Å². The molecule has 0 saturated carbocycles. The summed E-state index contributed by atoms with van der Waals surface area (Å²) in [6, 6.07) is 19.6. The zero-order chi connectivity index (χ0) is 18.6. The Balaban J connectivity index is 1.47. The molecule has 5 nitrogen and oxygen atoms in total. The van der Waals surface area contributed by atoms with E-state index in [2.05, 4.69) is 39.5 Å². The minimum absolute atomic E-state index is 0.255. The molecule has 0 aliphatic carbocycles. The van der Waals surface area contributed by atoms with Crippen LogP contribution in [0.1, 0.15) is 21.6 Å². The molecule has 0 saturated heterocycles. The Morgan fingerprint density at radius 1 is 1.04 bits per heavy atom. The fourth-order valence-corrected chi connectivity index (χ4v) is 3.36. The number of methoxy groups -OCH3 is 1. The average molecular weight is 359 g/mol. The number of rotatable bonds is 4. The highest BCUT2D eigenvalue weighted by Gasteiger charge is 2.17. The van der Waals surface area contributed by atoms with Gasteiger partial charge in [0.15, 0.2) is 0 Å². The number of ether oxygens (including phenoxy) is 1. The maximum Gasteiger partial charge on any atom is 0.274 e. The molecule has 0 radical (unpaired) electrons. The lowest BCUT2D eigenvalue weighted by atomic mass is 10.00. The van der Waals surface area contributed by atoms with Crippen LogP contribution in [0.2, 0.25) is 0 Å². The number of hydrogen-bond donors (Lipinski definition) is 1. The van der Waals surface area contributed by atoms with E-state index in [1.165, 1.54) is 11.1 Å². The number of aromatic nitrogens is 1. The van der Waals surface area contributed by atoms with Crippen LogP contribution in [0.3, 0.4) is 0 Å². The van der Waals surface area contributed by atoms with Crippen LogP contribution in [0.25, 0.3) is 0 Å². The number of nitrogens with one attached hydrogen (secondary N) is 1. The van der Waals surface area contributed by atoms with E-state index in [1.54, 1.807) is 31.5 Å². The first-order chi connectivity index (χ1) is 13.2. The first-order valence-corrected chi connectivity index (χ1v) is 8.97. The first-order valence-electron chi connectivity index (χ1n) is 8.97. The molecule has 2 aromatic carbocycles. The van der Waals surface area contributed by atoms with Gasteiger partial charge in [-0.25, -0.2) is 4.98 Å². The molecule has 0 unspecified atom stereocenters. The van der Waals surface area contributed by atoms with Crippen molar-refractivity contribution in [2.24, 2.45) is 0 Å². The largest absolute Gasteiger partial charge is 0.495 e. The van der Waals surface area contributed by atoms with Gasteiger partial charge in [-0.2, -0.15) is 0 Å². The Labute approximate surface area is 158 Å². The van der Waals surface area contributed by atoms with Crippen molar-refractivity contribution >= 4 is 17.3 Å². The number of pyridine rings is 1. The molecule has 5 heteroatoms. The van der Waals surface area contributed by atoms with Crippen molar-refractivity contribution in [2.75, 3.05) is 23.9 Å². The van der Waals surface area contributed by atoms with Gasteiger partial charge in [0.05, 0.1) is 24.7 Å². The topological polar surface area (TPSA) is 54.5 Å². The maximum atomic E-state index is 12.5. The number of para-hydroxylation sites is 2. The minimum atomic E-state index is -0.255. The highest BCUT2D eigenvalue weighted by atomic mass is 16.5. The SMILES string of the molecule is COc1ccccc1NC(=O)c1ccc(N2CCc3ccccc3C2)cn1. The van der Waals surface area contributed by atoms with Crippen LogP contribution < -0.4 is 15.0 Å². The number of amides is 1. The van der Waals surface area contributed by atoms with E-state index in [-0.39, 0.29) is 5.91 Å². The zero-order valence-electron chi connectivity index (χ0n) is 15.2. The number of carbonyl (C=O) groups is 1. The zero-order valence-corrected chi connectivity index (χ0v) is 15.2. The summed E-state index contributed by atoms with van der Waals surface area (Å²) in [7, 11) is 1.58. The van der Waals surface area contributed by atoms with Gasteiger partial charge < -0.3 is 15.0 Å². The molecule has 1 aliphatic heterocycles. The highest BCUT2D eigenvalue weighted by molar-refractivity contribution is 6.03. The molecule has 27 heavy (non-hydrogen) atoms. The van der Waals surface area contributed by atoms with Gasteiger partial charge in [0.25, 0.3) is 5.91 Å². The van der Waals surface area contributed by atoms with Crippen LogP contribution in [-0.2, 0) is 13.0 Å². The standard InChI is InChI=1S/C22H21N3O2/c1-27-21-9-5-4-8-19(21)24-22(26)20-11-10-18(14-23-20)25-13-12-16-6-2-3-7-17(16)15-25/h2-11,14H,12-13,15H2,1H3,(H,24,26). The molecule has 0 spiro atoms. The van der Waals surface area contributed by atoms with Gasteiger partial charge >= 0.3 is 0 Å². The Morgan fingerprint density at radius 2 is 1.81 bits per heavy atom. The van der Waals surface area contributed by atoms with Crippen LogP contribution in [0.5, 0.6) is 5.75 Å². The summed E-state index contributed by atoms with van der Waals surface area (Å²) >= 11 is 0. The second-order valence-electron chi connectivity index (χ2n) is 6.50. The first kappa shape index (κ1) is 17.1. The van der Waals surface area contributed by atoms with Crippen molar-refractivity contribution in [3.05, 3.63) is 83.7 Å². The predicted molar refractivity (Wildman–Crippen MR) is 106 cm³/mol. The van der Waals surface area contributed by atoms with Crippen molar-refractivity contribution in [2.45, 2.75) is 13.0 Å². The monoisotopic (exact) mass is 359 g/mol. The van der Waals surface area contributed by atoms with E-state index >= 15 is 0 Å². The molecule has 0 bridgehead atoms. The number of anilines is 2. The Hall–Kier alpha value is -3.34. The summed E-state index contributed by atoms with van der Waals surface area (Å²) in [6.45, 7) is 1.82. The molecule has 3 aromatic rings. The van der Waals surface area contributed by atoms with Crippen molar-refractivity contribution < 1.29 is 9.53 Å². The molecule has 0 fully saturated rings. The summed E-state index contributed by atoms with van der Waals surface area (Å²) < 4.78 is 5.27. The van der Waals surface area contributed by atoms with Gasteiger partial charge in [-0.1, -0.05) is 36.4 Å². The van der Waals surface area contributed by atoms with Crippen LogP contribution in [-0.4, -0.2) is 24.5 Å². The minimum Gasteiger partial charge on any atom is -0.495 e. The van der Waals surface area contributed by atoms with Crippen LogP contribution in [0.15, 0.2) is 66.9 Å². The summed E-state index contributed by atoms with van der Waals surface area (Å²) in [5, 5.41) is 2.85. The van der Waals surface area contributed by atoms with Crippen LogP contribution in [0.4, 0.5) is 11.4 Å². The summed E-state index contributed by atoms with van der Waals surface area (Å²) in [5.74, 6) is 0.365. The molecule has 2 heterocycles. The number of benzene rings is 2. The van der Waals surface area contributed by atoms with Crippen molar-refractivity contribution in [3.63, 3.8) is 0 Å². The van der Waals surface area contributed by atoms with Crippen LogP contribution in [0, 0.1) is 0 Å². The molecule has 1 aromatic heterocycles. The van der Waals surface area contributed by atoms with Gasteiger partial charge in [0.1, 0.15) is 11.4 Å². The lowest BCUT2D eigenvalue weighted by Gasteiger charge is -2.30. The van der Waals surface area contributed by atoms with E-state index in [9.17, 15) is 4.79 Å². The van der Waals surface area contributed by atoms with Gasteiger partial charge in [-0.05, 0) is 41.8 Å². The number of nitrogens with zero attached hydrogens (tertiary/aromatic N) is 2. The fourth-order valence-electron chi connectivity index (χ4n) is 3.36. The second kappa shape index (κ2) is 7.50. The van der Waals surface area contributed by atoms with E-state index in [4.69, 9.17) is 4.74 Å². The third-order valence-electron chi connectivity index (χ3n) is 4.83. The van der Waals surface area contributed by atoms with Gasteiger partial charge in [0.2, 0.25) is 0 Å². The Morgan fingerprint density at radius 3 is 2.59 bits per heavy atom. The summed E-state index contributed by atoms with van der Waals surface area (Å²) in [5.41, 5.74) is 4.79. The molecule has 4 rings (SSSR count). The van der Waals surface area contributed by atoms with Crippen molar-refractivity contribution in [3.8, 4) is 5.75 Å². The molecule has 1 amide bonds. The molecule has 0 atom stereocenters. The van der Waals surface area contributed by atoms with Gasteiger partial charge in [-0.3, -0.25) is 4.79 Å². The summed E-state index contributed by atoms with van der Waals surface area (Å²) in [6.07, 6.45) is 2.79. The van der Waals surface area contributed by atoms with Crippen LogP contribution >= 0.6 is 0 Å². The second-order valence-corrected chi connectivity index (χ2v) is 6.50. The van der Waals surface area contributed by atoms with E-state index < -0.39 is 0 Å². The molecule has 1 aliphatic rings. The molecule has 136 valence electrons. The quantitative estimate of drug-likeness (QED) is 0.767. The lowest BCUT2D eigenvalue weighted by molar-refractivity contribution is 0.102. The molecular formula is C22H21N3O2. The van der Waals surface area contributed by atoms with Gasteiger partial charge in [0, 0.05) is 13.1 Å². The predicted octanol–water partition coefficient (Wildman–Crippen LogP) is 3.91. The Bertz CT molecular complexity index is 954. The normalized spacial score (nSPS) is 13.0. The Kier molecular flexibility index (Phi) is 4.75. The summed E-state index contributed by atoms with van der Waals surface area (Å²) in [4.78, 5) is 19.1. The van der Waals surface area contributed by atoms with Crippen molar-refractivity contribution in [1.29, 1.82) is 0 Å². The fraction of sp³-hybridized carbons (Fsp3) is 0.182. The van der Waals surface area contributed by atoms with Gasteiger partial charge in [-0.15, -0.1) is 0 Å². The number of hydrogen-bond acceptors (Lipinski definition) is 4. The highest BCUT2D eigenvalue weighted by Crippen LogP contribution is 2.25. The third kappa shape index (κ3) is 3.62. The lowest BCUT2D eigenvalue weighted by Crippen LogP contribution is -2.30. The average Bonchev–Trinajstić information content (AvgIpc) is 2.74. The van der Waals surface area contributed by atoms with E-state index in [1.807, 2.05) is 18.2 Å². The van der Waals surface area contributed by atoms with E-state index in [0.717, 1.165) is 25.2 Å². The number of carbonyl (C=O) groups excluding carboxylic acids is 1. The molecule has 1 N–H and O–H groups in total. The third-order valence-corrected chi connectivity index (χ3v) is 4.83. The molecular weight excluding hydrogens is 338 g/mol. The number of fused-ring (bicyclic) bond motifs is 1. The smallest absolute Gasteiger partial charge is 0.274 e.